The highest BCUT2D eigenvalue weighted by Gasteiger charge is 2.24. The molecule has 0 spiro atoms. The third-order valence-corrected chi connectivity index (χ3v) is 5.79. The van der Waals surface area contributed by atoms with Crippen LogP contribution in [0.4, 0.5) is 0 Å². The zero-order valence-corrected chi connectivity index (χ0v) is 18.2. The number of carbonyl (C=O) groups is 1. The van der Waals surface area contributed by atoms with Gasteiger partial charge in [-0.05, 0) is 18.8 Å². The van der Waals surface area contributed by atoms with Crippen molar-refractivity contribution < 1.29 is 9.32 Å². The van der Waals surface area contributed by atoms with Crippen LogP contribution in [0.1, 0.15) is 56.9 Å². The number of aromatic nitrogens is 1. The molecule has 0 atom stereocenters. The quantitative estimate of drug-likeness (QED) is 0.597. The summed E-state index contributed by atoms with van der Waals surface area (Å²) in [5, 5.41) is 7.47. The summed E-state index contributed by atoms with van der Waals surface area (Å²) < 4.78 is 5.40. The highest BCUT2D eigenvalue weighted by molar-refractivity contribution is 5.80. The number of carbonyl (C=O) groups excluding carboxylic acids is 1. The first kappa shape index (κ1) is 21.6. The molecular weight excluding hydrogens is 368 g/mol. The Morgan fingerprint density at radius 3 is 2.38 bits per heavy atom. The molecule has 1 N–H and O–H groups in total. The van der Waals surface area contributed by atoms with E-state index in [9.17, 15) is 4.79 Å². The molecule has 1 aromatic heterocycles. The minimum atomic E-state index is 0.286. The lowest BCUT2D eigenvalue weighted by atomic mass is 10.1. The molecule has 2 saturated heterocycles. The van der Waals surface area contributed by atoms with Gasteiger partial charge < -0.3 is 19.6 Å². The van der Waals surface area contributed by atoms with Gasteiger partial charge in [-0.1, -0.05) is 31.8 Å². The van der Waals surface area contributed by atoms with Crippen molar-refractivity contribution >= 4 is 11.9 Å². The Labute approximate surface area is 174 Å². The third-order valence-electron chi connectivity index (χ3n) is 5.79. The van der Waals surface area contributed by atoms with Crippen molar-refractivity contribution in [2.24, 2.45) is 4.99 Å². The highest BCUT2D eigenvalue weighted by atomic mass is 16.5. The van der Waals surface area contributed by atoms with Crippen LogP contribution in [0.3, 0.4) is 0 Å². The molecule has 0 aliphatic carbocycles. The van der Waals surface area contributed by atoms with Gasteiger partial charge in [-0.15, -0.1) is 0 Å². The van der Waals surface area contributed by atoms with Crippen molar-refractivity contribution in [1.82, 2.24) is 25.2 Å². The molecule has 3 heterocycles. The van der Waals surface area contributed by atoms with Crippen molar-refractivity contribution in [3.8, 4) is 0 Å². The van der Waals surface area contributed by atoms with Crippen molar-refractivity contribution in [3.05, 3.63) is 17.5 Å². The summed E-state index contributed by atoms with van der Waals surface area (Å²) in [4.78, 5) is 23.6. The van der Waals surface area contributed by atoms with Crippen LogP contribution in [-0.4, -0.2) is 84.6 Å². The molecule has 0 saturated carbocycles. The van der Waals surface area contributed by atoms with Crippen molar-refractivity contribution in [1.29, 1.82) is 0 Å². The van der Waals surface area contributed by atoms with Gasteiger partial charge in [-0.2, -0.15) is 0 Å². The molecule has 3 rings (SSSR count). The monoisotopic (exact) mass is 404 g/mol. The van der Waals surface area contributed by atoms with Gasteiger partial charge in [0.05, 0.1) is 18.8 Å². The fourth-order valence-electron chi connectivity index (χ4n) is 3.91. The van der Waals surface area contributed by atoms with Gasteiger partial charge in [0.25, 0.3) is 0 Å². The van der Waals surface area contributed by atoms with E-state index in [-0.39, 0.29) is 5.91 Å². The third kappa shape index (κ3) is 6.19. The molecule has 2 fully saturated rings. The fourth-order valence-corrected chi connectivity index (χ4v) is 3.91. The summed E-state index contributed by atoms with van der Waals surface area (Å²) in [6.07, 6.45) is 4.79. The number of guanidine groups is 1. The van der Waals surface area contributed by atoms with Crippen LogP contribution < -0.4 is 5.32 Å². The van der Waals surface area contributed by atoms with E-state index in [0.717, 1.165) is 69.5 Å². The lowest BCUT2D eigenvalue weighted by Gasteiger charge is -2.36. The Kier molecular flexibility index (Phi) is 7.91. The number of nitrogens with one attached hydrogen (secondary N) is 1. The first-order chi connectivity index (χ1) is 14.1. The fraction of sp³-hybridized carbons (Fsp3) is 0.762. The molecule has 2 aliphatic rings. The molecule has 8 nitrogen and oxygen atoms in total. The SMILES string of the molecule is CN=C(NCc1cc(C(C)C)no1)N1CCN(CC(=O)N2CCCCCC2)CC1. The molecule has 1 aromatic rings. The average Bonchev–Trinajstić information content (AvgIpc) is 3.03. The van der Waals surface area contributed by atoms with Gasteiger partial charge in [0.2, 0.25) is 5.91 Å². The number of rotatable bonds is 5. The van der Waals surface area contributed by atoms with Crippen LogP contribution in [0.25, 0.3) is 0 Å². The van der Waals surface area contributed by atoms with Gasteiger partial charge in [-0.3, -0.25) is 14.7 Å². The van der Waals surface area contributed by atoms with Gasteiger partial charge in [-0.25, -0.2) is 0 Å². The molecular formula is C21H36N6O2. The predicted molar refractivity (Wildman–Crippen MR) is 114 cm³/mol. The molecule has 0 unspecified atom stereocenters. The van der Waals surface area contributed by atoms with Crippen LogP contribution >= 0.6 is 0 Å². The van der Waals surface area contributed by atoms with E-state index >= 15 is 0 Å². The summed E-state index contributed by atoms with van der Waals surface area (Å²) in [5.41, 5.74) is 0.972. The van der Waals surface area contributed by atoms with Crippen LogP contribution in [-0.2, 0) is 11.3 Å². The van der Waals surface area contributed by atoms with Gasteiger partial charge >= 0.3 is 0 Å². The summed E-state index contributed by atoms with van der Waals surface area (Å²) in [6.45, 7) is 10.6. The second-order valence-corrected chi connectivity index (χ2v) is 8.33. The summed E-state index contributed by atoms with van der Waals surface area (Å²) in [5.74, 6) is 2.33. The number of nitrogens with zero attached hydrogens (tertiary/aromatic N) is 5. The Balaban J connectivity index is 1.42. The first-order valence-electron chi connectivity index (χ1n) is 11.0. The number of piperazine rings is 1. The van der Waals surface area contributed by atoms with Crippen LogP contribution in [0.5, 0.6) is 0 Å². The van der Waals surface area contributed by atoms with E-state index in [0.29, 0.717) is 19.0 Å². The Bertz CT molecular complexity index is 670. The molecule has 162 valence electrons. The minimum absolute atomic E-state index is 0.286. The number of likely N-dealkylation sites (tertiary alicyclic amines) is 1. The van der Waals surface area contributed by atoms with Crippen molar-refractivity contribution in [3.63, 3.8) is 0 Å². The molecule has 0 aromatic carbocycles. The molecule has 0 radical (unpaired) electrons. The van der Waals surface area contributed by atoms with E-state index in [2.05, 4.69) is 44.0 Å². The normalized spacial score (nSPS) is 19.5. The molecule has 2 aliphatic heterocycles. The van der Waals surface area contributed by atoms with E-state index < -0.39 is 0 Å². The predicted octanol–water partition coefficient (Wildman–Crippen LogP) is 1.89. The highest BCUT2D eigenvalue weighted by Crippen LogP contribution is 2.14. The maximum Gasteiger partial charge on any atom is 0.236 e. The van der Waals surface area contributed by atoms with Gasteiger partial charge in [0.1, 0.15) is 0 Å². The number of hydrogen-bond donors (Lipinski definition) is 1. The van der Waals surface area contributed by atoms with E-state index in [1.54, 1.807) is 7.05 Å². The maximum absolute atomic E-state index is 12.6. The summed E-state index contributed by atoms with van der Waals surface area (Å²) in [7, 11) is 1.80. The van der Waals surface area contributed by atoms with Gasteiger partial charge in [0, 0.05) is 52.4 Å². The second-order valence-electron chi connectivity index (χ2n) is 8.33. The number of aliphatic imine (C=N–C) groups is 1. The van der Waals surface area contributed by atoms with E-state index in [1.807, 2.05) is 6.07 Å². The van der Waals surface area contributed by atoms with E-state index in [4.69, 9.17) is 4.52 Å². The lowest BCUT2D eigenvalue weighted by Crippen LogP contribution is -2.54. The minimum Gasteiger partial charge on any atom is -0.359 e. The number of hydrogen-bond acceptors (Lipinski definition) is 5. The smallest absolute Gasteiger partial charge is 0.236 e. The van der Waals surface area contributed by atoms with Crippen LogP contribution in [0.2, 0.25) is 0 Å². The van der Waals surface area contributed by atoms with Crippen molar-refractivity contribution in [2.45, 2.75) is 52.0 Å². The molecule has 1 amide bonds. The molecule has 29 heavy (non-hydrogen) atoms. The zero-order chi connectivity index (χ0) is 20.6. The standard InChI is InChI=1S/C21H36N6O2/c1-17(2)19-14-18(29-24-19)15-23-21(22-3)27-12-10-25(11-13-27)16-20(28)26-8-6-4-5-7-9-26/h14,17H,4-13,15-16H2,1-3H3,(H,22,23). The Hall–Kier alpha value is -2.09. The van der Waals surface area contributed by atoms with E-state index in [1.165, 1.54) is 12.8 Å². The largest absolute Gasteiger partial charge is 0.359 e. The maximum atomic E-state index is 12.6. The Morgan fingerprint density at radius 2 is 1.79 bits per heavy atom. The molecule has 8 heteroatoms. The average molecular weight is 405 g/mol. The summed E-state index contributed by atoms with van der Waals surface area (Å²) >= 11 is 0. The number of amides is 1. The van der Waals surface area contributed by atoms with Crippen molar-refractivity contribution in [2.75, 3.05) is 52.9 Å². The van der Waals surface area contributed by atoms with Crippen LogP contribution in [0, 0.1) is 0 Å². The topological polar surface area (TPSA) is 77.2 Å². The zero-order valence-electron chi connectivity index (χ0n) is 18.2. The summed E-state index contributed by atoms with van der Waals surface area (Å²) in [6, 6.07) is 2.00. The van der Waals surface area contributed by atoms with Gasteiger partial charge in [0.15, 0.2) is 11.7 Å². The van der Waals surface area contributed by atoms with Crippen LogP contribution in [0.15, 0.2) is 15.6 Å². The Morgan fingerprint density at radius 1 is 1.10 bits per heavy atom. The second kappa shape index (κ2) is 10.6. The molecule has 0 bridgehead atoms. The first-order valence-corrected chi connectivity index (χ1v) is 11.0. The lowest BCUT2D eigenvalue weighted by molar-refractivity contribution is -0.132.